The number of methoxy groups -OCH3 is 1. The standard InChI is InChI=1S/C18H26N2O5S/c1-13-4-5-15-12-16(18(21)20-17(15)14(13)2)6-7-19-26(22,23)11-10-25-9-8-24-3/h4-5,12,19H,6-11H2,1-3H3,(H,20,21). The largest absolute Gasteiger partial charge is 0.382 e. The summed E-state index contributed by atoms with van der Waals surface area (Å²) in [6, 6.07) is 5.79. The number of aromatic amines is 1. The van der Waals surface area contributed by atoms with Crippen LogP contribution in [0.15, 0.2) is 23.0 Å². The van der Waals surface area contributed by atoms with Crippen molar-refractivity contribution in [3.8, 4) is 0 Å². The monoisotopic (exact) mass is 382 g/mol. The molecule has 0 atom stereocenters. The second-order valence-corrected chi connectivity index (χ2v) is 8.09. The lowest BCUT2D eigenvalue weighted by atomic mass is 10.0. The molecule has 1 aromatic carbocycles. The first-order chi connectivity index (χ1) is 12.3. The summed E-state index contributed by atoms with van der Waals surface area (Å²) in [6.07, 6.45) is 0.321. The summed E-state index contributed by atoms with van der Waals surface area (Å²) in [4.78, 5) is 15.2. The topological polar surface area (TPSA) is 97.5 Å². The molecule has 144 valence electrons. The molecule has 0 amide bonds. The second kappa shape index (κ2) is 9.27. The van der Waals surface area contributed by atoms with Crippen molar-refractivity contribution < 1.29 is 17.9 Å². The van der Waals surface area contributed by atoms with Crippen LogP contribution in [0.25, 0.3) is 10.9 Å². The van der Waals surface area contributed by atoms with E-state index >= 15 is 0 Å². The first kappa shape index (κ1) is 20.6. The van der Waals surface area contributed by atoms with Gasteiger partial charge in [-0.25, -0.2) is 13.1 Å². The molecule has 0 aliphatic carbocycles. The van der Waals surface area contributed by atoms with E-state index in [1.165, 1.54) is 0 Å². The number of hydrogen-bond donors (Lipinski definition) is 2. The molecule has 0 radical (unpaired) electrons. The average Bonchev–Trinajstić information content (AvgIpc) is 2.59. The maximum absolute atomic E-state index is 12.3. The second-order valence-electron chi connectivity index (χ2n) is 6.16. The number of rotatable bonds is 10. The van der Waals surface area contributed by atoms with Crippen molar-refractivity contribution >= 4 is 20.9 Å². The molecule has 2 aromatic rings. The zero-order valence-corrected chi connectivity index (χ0v) is 16.2. The van der Waals surface area contributed by atoms with Crippen LogP contribution in [-0.4, -0.2) is 52.6 Å². The van der Waals surface area contributed by atoms with Gasteiger partial charge in [-0.3, -0.25) is 4.79 Å². The molecule has 0 fully saturated rings. The van der Waals surface area contributed by atoms with Crippen LogP contribution in [-0.2, 0) is 25.9 Å². The van der Waals surface area contributed by atoms with Crippen molar-refractivity contribution in [2.75, 3.05) is 39.2 Å². The number of hydrogen-bond acceptors (Lipinski definition) is 5. The quantitative estimate of drug-likeness (QED) is 0.603. The van der Waals surface area contributed by atoms with E-state index in [1.807, 2.05) is 32.0 Å². The lowest BCUT2D eigenvalue weighted by molar-refractivity contribution is 0.0784. The normalized spacial score (nSPS) is 12.0. The van der Waals surface area contributed by atoms with Crippen molar-refractivity contribution in [3.05, 3.63) is 45.2 Å². The van der Waals surface area contributed by atoms with Gasteiger partial charge in [-0.15, -0.1) is 0 Å². The number of pyridine rings is 1. The molecule has 0 aliphatic heterocycles. The van der Waals surface area contributed by atoms with Crippen LogP contribution in [0.5, 0.6) is 0 Å². The number of H-pyrrole nitrogens is 1. The Balaban J connectivity index is 1.94. The molecule has 8 heteroatoms. The third kappa shape index (κ3) is 5.63. The molecule has 0 bridgehead atoms. The first-order valence-electron chi connectivity index (χ1n) is 8.50. The number of benzene rings is 1. The number of aryl methyl sites for hydroxylation is 2. The molecule has 26 heavy (non-hydrogen) atoms. The Kier molecular flexibility index (Phi) is 7.33. The SMILES string of the molecule is COCCOCCS(=O)(=O)NCCc1cc2ccc(C)c(C)c2[nH]c1=O. The minimum atomic E-state index is -3.43. The van der Waals surface area contributed by atoms with Gasteiger partial charge in [0.1, 0.15) is 0 Å². The molecular weight excluding hydrogens is 356 g/mol. The first-order valence-corrected chi connectivity index (χ1v) is 10.2. The van der Waals surface area contributed by atoms with Gasteiger partial charge in [0.25, 0.3) is 5.56 Å². The van der Waals surface area contributed by atoms with Crippen LogP contribution in [0.2, 0.25) is 0 Å². The highest BCUT2D eigenvalue weighted by molar-refractivity contribution is 7.89. The Labute approximate surface area is 153 Å². The Bertz CT molecular complexity index is 906. The van der Waals surface area contributed by atoms with Gasteiger partial charge in [-0.1, -0.05) is 12.1 Å². The van der Waals surface area contributed by atoms with Gasteiger partial charge in [0.2, 0.25) is 10.0 Å². The molecule has 7 nitrogen and oxygen atoms in total. The number of sulfonamides is 1. The fourth-order valence-corrected chi connectivity index (χ4v) is 3.48. The molecule has 1 aromatic heterocycles. The highest BCUT2D eigenvalue weighted by atomic mass is 32.2. The smallest absolute Gasteiger partial charge is 0.251 e. The van der Waals surface area contributed by atoms with E-state index in [1.54, 1.807) is 7.11 Å². The van der Waals surface area contributed by atoms with Crippen LogP contribution in [0, 0.1) is 13.8 Å². The third-order valence-corrected chi connectivity index (χ3v) is 5.62. The number of fused-ring (bicyclic) bond motifs is 1. The zero-order valence-electron chi connectivity index (χ0n) is 15.4. The maximum atomic E-state index is 12.3. The lowest BCUT2D eigenvalue weighted by Crippen LogP contribution is -2.31. The van der Waals surface area contributed by atoms with Crippen molar-refractivity contribution in [2.45, 2.75) is 20.3 Å². The molecule has 0 aliphatic rings. The average molecular weight is 382 g/mol. The van der Waals surface area contributed by atoms with Gasteiger partial charge >= 0.3 is 0 Å². The van der Waals surface area contributed by atoms with Gasteiger partial charge < -0.3 is 14.5 Å². The molecule has 2 rings (SSSR count). The van der Waals surface area contributed by atoms with E-state index in [2.05, 4.69) is 9.71 Å². The minimum Gasteiger partial charge on any atom is -0.382 e. The minimum absolute atomic E-state index is 0.105. The van der Waals surface area contributed by atoms with Crippen molar-refractivity contribution in [1.82, 2.24) is 9.71 Å². The van der Waals surface area contributed by atoms with E-state index in [9.17, 15) is 13.2 Å². The fraction of sp³-hybridized carbons (Fsp3) is 0.500. The van der Waals surface area contributed by atoms with Crippen molar-refractivity contribution in [2.24, 2.45) is 0 Å². The highest BCUT2D eigenvalue weighted by Gasteiger charge is 2.11. The summed E-state index contributed by atoms with van der Waals surface area (Å²) in [5.41, 5.74) is 3.35. The van der Waals surface area contributed by atoms with Crippen LogP contribution < -0.4 is 10.3 Å². The summed E-state index contributed by atoms with van der Waals surface area (Å²) in [7, 11) is -1.88. The summed E-state index contributed by atoms with van der Waals surface area (Å²) in [6.45, 7) is 5.02. The maximum Gasteiger partial charge on any atom is 0.251 e. The van der Waals surface area contributed by atoms with Gasteiger partial charge in [0, 0.05) is 19.2 Å². The third-order valence-electron chi connectivity index (χ3n) is 4.27. The van der Waals surface area contributed by atoms with E-state index in [4.69, 9.17) is 9.47 Å². The van der Waals surface area contributed by atoms with Crippen molar-refractivity contribution in [3.63, 3.8) is 0 Å². The van der Waals surface area contributed by atoms with E-state index in [-0.39, 0.29) is 24.5 Å². The van der Waals surface area contributed by atoms with Crippen LogP contribution in [0.1, 0.15) is 16.7 Å². The fourth-order valence-electron chi connectivity index (χ4n) is 2.58. The summed E-state index contributed by atoms with van der Waals surface area (Å²) in [5.74, 6) is -0.122. The predicted octanol–water partition coefficient (Wildman–Crippen LogP) is 1.27. The van der Waals surface area contributed by atoms with Gasteiger partial charge in [-0.2, -0.15) is 0 Å². The number of ether oxygens (including phenoxy) is 2. The Morgan fingerprint density at radius 2 is 1.92 bits per heavy atom. The molecule has 1 heterocycles. The number of aromatic nitrogens is 1. The summed E-state index contributed by atoms with van der Waals surface area (Å²) in [5, 5.41) is 0.942. The number of nitrogens with one attached hydrogen (secondary N) is 2. The van der Waals surface area contributed by atoms with E-state index < -0.39 is 10.0 Å². The molecule has 0 saturated heterocycles. The van der Waals surface area contributed by atoms with E-state index in [0.29, 0.717) is 25.2 Å². The van der Waals surface area contributed by atoms with Crippen LogP contribution in [0.4, 0.5) is 0 Å². The predicted molar refractivity (Wildman–Crippen MR) is 102 cm³/mol. The zero-order chi connectivity index (χ0) is 19.2. The van der Waals surface area contributed by atoms with Gasteiger partial charge in [0.15, 0.2) is 0 Å². The molecular formula is C18H26N2O5S. The lowest BCUT2D eigenvalue weighted by Gasteiger charge is -2.09. The Hall–Kier alpha value is -1.74. The molecule has 0 unspecified atom stereocenters. The molecule has 0 saturated carbocycles. The van der Waals surface area contributed by atoms with E-state index in [0.717, 1.165) is 22.0 Å². The van der Waals surface area contributed by atoms with Crippen LogP contribution >= 0.6 is 0 Å². The summed E-state index contributed by atoms with van der Waals surface area (Å²) >= 11 is 0. The summed E-state index contributed by atoms with van der Waals surface area (Å²) < 4.78 is 36.3. The van der Waals surface area contributed by atoms with Gasteiger partial charge in [0.05, 0.1) is 31.1 Å². The molecule has 2 N–H and O–H groups in total. The van der Waals surface area contributed by atoms with Crippen LogP contribution in [0.3, 0.4) is 0 Å². The van der Waals surface area contributed by atoms with Gasteiger partial charge in [-0.05, 0) is 42.8 Å². The van der Waals surface area contributed by atoms with Crippen molar-refractivity contribution in [1.29, 1.82) is 0 Å². The molecule has 0 spiro atoms. The Morgan fingerprint density at radius 3 is 2.65 bits per heavy atom. The Morgan fingerprint density at radius 1 is 1.15 bits per heavy atom. The highest BCUT2D eigenvalue weighted by Crippen LogP contribution is 2.18.